The van der Waals surface area contributed by atoms with Crippen LogP contribution in [0.2, 0.25) is 0 Å². The summed E-state index contributed by atoms with van der Waals surface area (Å²) in [6.45, 7) is 2.00. The van der Waals surface area contributed by atoms with Gasteiger partial charge in [0.15, 0.2) is 9.84 Å². The molecule has 4 heteroatoms. The van der Waals surface area contributed by atoms with Crippen LogP contribution in [0.25, 0.3) is 11.3 Å². The van der Waals surface area contributed by atoms with E-state index in [-0.39, 0.29) is 0 Å². The normalized spacial score (nSPS) is 11.4. The van der Waals surface area contributed by atoms with E-state index in [1.54, 1.807) is 30.5 Å². The zero-order valence-corrected chi connectivity index (χ0v) is 10.5. The SMILES string of the molecule is Cc1ccnc(-c2ccc(S(C)(=O)=O)cc2)c1. The summed E-state index contributed by atoms with van der Waals surface area (Å²) in [5, 5.41) is 0. The average molecular weight is 247 g/mol. The lowest BCUT2D eigenvalue weighted by Gasteiger charge is -2.03. The van der Waals surface area contributed by atoms with Crippen molar-refractivity contribution in [2.45, 2.75) is 11.8 Å². The summed E-state index contributed by atoms with van der Waals surface area (Å²) in [6.07, 6.45) is 2.95. The molecule has 3 nitrogen and oxygen atoms in total. The third kappa shape index (κ3) is 2.71. The van der Waals surface area contributed by atoms with Crippen LogP contribution in [0.3, 0.4) is 0 Å². The minimum absolute atomic E-state index is 0.328. The van der Waals surface area contributed by atoms with E-state index in [0.717, 1.165) is 16.8 Å². The zero-order chi connectivity index (χ0) is 12.5. The van der Waals surface area contributed by atoms with E-state index >= 15 is 0 Å². The summed E-state index contributed by atoms with van der Waals surface area (Å²) in [5.41, 5.74) is 2.90. The third-order valence-electron chi connectivity index (χ3n) is 2.49. The van der Waals surface area contributed by atoms with Crippen LogP contribution in [0, 0.1) is 6.92 Å². The molecule has 0 N–H and O–H groups in total. The summed E-state index contributed by atoms with van der Waals surface area (Å²) < 4.78 is 22.6. The van der Waals surface area contributed by atoms with Gasteiger partial charge in [-0.15, -0.1) is 0 Å². The Morgan fingerprint density at radius 3 is 2.24 bits per heavy atom. The highest BCUT2D eigenvalue weighted by molar-refractivity contribution is 7.90. The van der Waals surface area contributed by atoms with E-state index in [4.69, 9.17) is 0 Å². The Morgan fingerprint density at radius 2 is 1.71 bits per heavy atom. The largest absolute Gasteiger partial charge is 0.256 e. The molecule has 0 aliphatic heterocycles. The van der Waals surface area contributed by atoms with Gasteiger partial charge in [-0.1, -0.05) is 12.1 Å². The monoisotopic (exact) mass is 247 g/mol. The molecule has 2 aromatic rings. The minimum atomic E-state index is -3.13. The maximum Gasteiger partial charge on any atom is 0.175 e. The molecule has 1 aromatic carbocycles. The van der Waals surface area contributed by atoms with Gasteiger partial charge in [-0.05, 0) is 36.8 Å². The molecule has 0 radical (unpaired) electrons. The highest BCUT2D eigenvalue weighted by Gasteiger charge is 2.07. The van der Waals surface area contributed by atoms with E-state index in [0.29, 0.717) is 4.90 Å². The first-order chi connectivity index (χ1) is 7.97. The highest BCUT2D eigenvalue weighted by Crippen LogP contribution is 2.19. The fourth-order valence-electron chi connectivity index (χ4n) is 1.57. The van der Waals surface area contributed by atoms with Gasteiger partial charge in [0.1, 0.15) is 0 Å². The maximum atomic E-state index is 11.3. The Balaban J connectivity index is 2.43. The third-order valence-corrected chi connectivity index (χ3v) is 3.62. The van der Waals surface area contributed by atoms with Crippen LogP contribution in [0.5, 0.6) is 0 Å². The van der Waals surface area contributed by atoms with Crippen molar-refractivity contribution in [1.82, 2.24) is 4.98 Å². The van der Waals surface area contributed by atoms with Gasteiger partial charge >= 0.3 is 0 Å². The van der Waals surface area contributed by atoms with Crippen molar-refractivity contribution in [2.75, 3.05) is 6.26 Å². The lowest BCUT2D eigenvalue weighted by molar-refractivity contribution is 0.602. The summed E-state index contributed by atoms with van der Waals surface area (Å²) in [7, 11) is -3.13. The second-order valence-corrected chi connectivity index (χ2v) is 6.03. The van der Waals surface area contributed by atoms with Crippen LogP contribution in [0.1, 0.15) is 5.56 Å². The second kappa shape index (κ2) is 4.30. The standard InChI is InChI=1S/C13H13NO2S/c1-10-7-8-14-13(9-10)11-3-5-12(6-4-11)17(2,15)16/h3-9H,1-2H3. The molecule has 0 atom stereocenters. The predicted molar refractivity (Wildman–Crippen MR) is 67.5 cm³/mol. The van der Waals surface area contributed by atoms with Crippen LogP contribution in [-0.4, -0.2) is 19.7 Å². The number of nitrogens with zero attached hydrogens (tertiary/aromatic N) is 1. The van der Waals surface area contributed by atoms with Crippen molar-refractivity contribution in [3.63, 3.8) is 0 Å². The van der Waals surface area contributed by atoms with E-state index in [9.17, 15) is 8.42 Å². The molecule has 0 fully saturated rings. The fraction of sp³-hybridized carbons (Fsp3) is 0.154. The molecule has 17 heavy (non-hydrogen) atoms. The lowest BCUT2D eigenvalue weighted by Crippen LogP contribution is -1.96. The number of benzene rings is 1. The van der Waals surface area contributed by atoms with Crippen LogP contribution in [0.15, 0.2) is 47.5 Å². The molecule has 1 heterocycles. The fourth-order valence-corrected chi connectivity index (χ4v) is 2.20. The van der Waals surface area contributed by atoms with E-state index in [2.05, 4.69) is 4.98 Å². The lowest BCUT2D eigenvalue weighted by atomic mass is 10.1. The first-order valence-corrected chi connectivity index (χ1v) is 7.09. The molecule has 0 amide bonds. The van der Waals surface area contributed by atoms with Crippen molar-refractivity contribution in [3.05, 3.63) is 48.2 Å². The molecular weight excluding hydrogens is 234 g/mol. The summed E-state index contributed by atoms with van der Waals surface area (Å²) >= 11 is 0. The number of sulfone groups is 1. The number of hydrogen-bond acceptors (Lipinski definition) is 3. The van der Waals surface area contributed by atoms with Crippen LogP contribution >= 0.6 is 0 Å². The molecule has 2 rings (SSSR count). The first-order valence-electron chi connectivity index (χ1n) is 5.20. The molecule has 0 saturated heterocycles. The van der Waals surface area contributed by atoms with Gasteiger partial charge in [-0.2, -0.15) is 0 Å². The van der Waals surface area contributed by atoms with Crippen molar-refractivity contribution in [1.29, 1.82) is 0 Å². The van der Waals surface area contributed by atoms with Crippen molar-refractivity contribution in [2.24, 2.45) is 0 Å². The molecule has 0 bridgehead atoms. The van der Waals surface area contributed by atoms with Crippen LogP contribution < -0.4 is 0 Å². The van der Waals surface area contributed by atoms with Crippen molar-refractivity contribution in [3.8, 4) is 11.3 Å². The Morgan fingerprint density at radius 1 is 1.06 bits per heavy atom. The van der Waals surface area contributed by atoms with Gasteiger partial charge < -0.3 is 0 Å². The molecule has 0 aliphatic rings. The molecule has 0 saturated carbocycles. The van der Waals surface area contributed by atoms with Gasteiger partial charge in [0.2, 0.25) is 0 Å². The zero-order valence-electron chi connectivity index (χ0n) is 9.71. The first kappa shape index (κ1) is 11.8. The smallest absolute Gasteiger partial charge is 0.175 e. The van der Waals surface area contributed by atoms with Crippen molar-refractivity contribution >= 4 is 9.84 Å². The van der Waals surface area contributed by atoms with Crippen LogP contribution in [0.4, 0.5) is 0 Å². The summed E-state index contributed by atoms with van der Waals surface area (Å²) in [6, 6.07) is 10.7. The molecule has 0 unspecified atom stereocenters. The van der Waals surface area contributed by atoms with Gasteiger partial charge in [0, 0.05) is 18.0 Å². The number of hydrogen-bond donors (Lipinski definition) is 0. The van der Waals surface area contributed by atoms with Gasteiger partial charge in [-0.25, -0.2) is 8.42 Å². The van der Waals surface area contributed by atoms with E-state index in [1.165, 1.54) is 6.26 Å². The molecular formula is C13H13NO2S. The van der Waals surface area contributed by atoms with Crippen LogP contribution in [-0.2, 0) is 9.84 Å². The Kier molecular flexibility index (Phi) is 2.98. The van der Waals surface area contributed by atoms with Gasteiger partial charge in [-0.3, -0.25) is 4.98 Å². The molecule has 88 valence electrons. The molecule has 1 aromatic heterocycles. The quantitative estimate of drug-likeness (QED) is 0.819. The second-order valence-electron chi connectivity index (χ2n) is 4.01. The van der Waals surface area contributed by atoms with Crippen molar-refractivity contribution < 1.29 is 8.42 Å². The Bertz CT molecular complexity index is 631. The molecule has 0 spiro atoms. The summed E-state index contributed by atoms with van der Waals surface area (Å²) in [4.78, 5) is 4.58. The predicted octanol–water partition coefficient (Wildman–Crippen LogP) is 2.46. The van der Waals surface area contributed by atoms with Gasteiger partial charge in [0.25, 0.3) is 0 Å². The average Bonchev–Trinajstić information content (AvgIpc) is 2.28. The maximum absolute atomic E-state index is 11.3. The van der Waals surface area contributed by atoms with E-state index in [1.807, 2.05) is 19.1 Å². The number of aromatic nitrogens is 1. The number of pyridine rings is 1. The number of rotatable bonds is 2. The minimum Gasteiger partial charge on any atom is -0.256 e. The Labute approximate surface area is 101 Å². The van der Waals surface area contributed by atoms with E-state index < -0.39 is 9.84 Å². The van der Waals surface area contributed by atoms with Gasteiger partial charge in [0.05, 0.1) is 10.6 Å². The highest BCUT2D eigenvalue weighted by atomic mass is 32.2. The number of aryl methyl sites for hydroxylation is 1. The Hall–Kier alpha value is -1.68. The molecule has 0 aliphatic carbocycles. The topological polar surface area (TPSA) is 47.0 Å². The summed E-state index contributed by atoms with van der Waals surface area (Å²) in [5.74, 6) is 0.